The van der Waals surface area contributed by atoms with E-state index in [4.69, 9.17) is 13.9 Å². The van der Waals surface area contributed by atoms with Gasteiger partial charge >= 0.3 is 0 Å². The minimum Gasteiger partial charge on any atom is -0.507 e. The molecule has 0 spiro atoms. The van der Waals surface area contributed by atoms with Crippen molar-refractivity contribution >= 4 is 11.0 Å². The van der Waals surface area contributed by atoms with E-state index in [1.807, 2.05) is 0 Å². The van der Waals surface area contributed by atoms with Crippen LogP contribution in [0.1, 0.15) is 11.7 Å². The van der Waals surface area contributed by atoms with Crippen molar-refractivity contribution in [3.8, 4) is 40.1 Å². The van der Waals surface area contributed by atoms with Gasteiger partial charge in [0.15, 0.2) is 17.3 Å². The lowest BCUT2D eigenvalue weighted by Gasteiger charge is -2.40. The smallest absolute Gasteiger partial charge is 0.238 e. The molecule has 34 heavy (non-hydrogen) atoms. The van der Waals surface area contributed by atoms with E-state index >= 15 is 0 Å². The van der Waals surface area contributed by atoms with Crippen LogP contribution < -0.4 is 10.2 Å². The van der Waals surface area contributed by atoms with Crippen LogP contribution >= 0.6 is 0 Å². The summed E-state index contributed by atoms with van der Waals surface area (Å²) in [5.41, 5.74) is -1.81. The van der Waals surface area contributed by atoms with E-state index in [1.54, 1.807) is 0 Å². The maximum atomic E-state index is 13.0. The van der Waals surface area contributed by atoms with E-state index in [2.05, 4.69) is 0 Å². The van der Waals surface area contributed by atoms with E-state index in [9.17, 15) is 45.6 Å². The number of ether oxygens (including phenoxy) is 2. The molecule has 1 fully saturated rings. The third-order valence-corrected chi connectivity index (χ3v) is 5.77. The highest BCUT2D eigenvalue weighted by Gasteiger charge is 2.46. The Labute approximate surface area is 190 Å². The van der Waals surface area contributed by atoms with Gasteiger partial charge in [0.2, 0.25) is 11.2 Å². The van der Waals surface area contributed by atoms with Crippen LogP contribution in [0.4, 0.5) is 0 Å². The van der Waals surface area contributed by atoms with Crippen molar-refractivity contribution in [2.24, 2.45) is 0 Å². The minimum atomic E-state index is -1.85. The normalized spacial score (nSPS) is 24.9. The number of hydrogen-bond acceptors (Lipinski definition) is 12. The lowest BCUT2D eigenvalue weighted by molar-refractivity contribution is -0.232. The predicted octanol–water partition coefficient (Wildman–Crippen LogP) is -0.194. The molecule has 1 aliphatic heterocycles. The van der Waals surface area contributed by atoms with Crippen molar-refractivity contribution < 1.29 is 54.7 Å². The molecular weight excluding hydrogens is 456 g/mol. The van der Waals surface area contributed by atoms with Crippen LogP contribution in [-0.4, -0.2) is 79.0 Å². The summed E-state index contributed by atoms with van der Waals surface area (Å²) >= 11 is 0. The topological polar surface area (TPSA) is 211 Å². The van der Waals surface area contributed by atoms with E-state index in [0.29, 0.717) is 0 Å². The lowest BCUT2D eigenvalue weighted by atomic mass is 9.89. The fourth-order valence-corrected chi connectivity index (χ4v) is 3.96. The summed E-state index contributed by atoms with van der Waals surface area (Å²) in [5, 5.41) is 80.9. The molecule has 2 heterocycles. The molecule has 0 amide bonds. The number of methoxy groups -OCH3 is 1. The van der Waals surface area contributed by atoms with E-state index in [1.165, 1.54) is 25.3 Å². The average Bonchev–Trinajstić information content (AvgIpc) is 2.81. The van der Waals surface area contributed by atoms with Gasteiger partial charge in [-0.1, -0.05) is 0 Å². The summed E-state index contributed by atoms with van der Waals surface area (Å²) in [6.45, 7) is -0.751. The number of fused-ring (bicyclic) bond motifs is 1. The SMILES string of the molecule is COc1cc(-c2oc3cc(O)c([C@@H]4O[C@H](CO)[C@@H](O)[C@H](O)[C@H]4O)c(O)c3c(=O)c2O)ccc1O. The van der Waals surface area contributed by atoms with Gasteiger partial charge in [-0.2, -0.15) is 0 Å². The number of aliphatic hydroxyl groups is 4. The maximum absolute atomic E-state index is 13.0. The molecule has 182 valence electrons. The van der Waals surface area contributed by atoms with Crippen LogP contribution in [0.15, 0.2) is 33.5 Å². The lowest BCUT2D eigenvalue weighted by Crippen LogP contribution is -2.55. The minimum absolute atomic E-state index is 0.0308. The molecule has 0 saturated carbocycles. The maximum Gasteiger partial charge on any atom is 0.238 e. The van der Waals surface area contributed by atoms with Crippen LogP contribution in [0.5, 0.6) is 28.7 Å². The van der Waals surface area contributed by atoms with Gasteiger partial charge in [-0.05, 0) is 18.2 Å². The number of phenols is 3. The molecule has 0 radical (unpaired) electrons. The first kappa shape index (κ1) is 23.6. The zero-order chi connectivity index (χ0) is 24.9. The predicted molar refractivity (Wildman–Crippen MR) is 114 cm³/mol. The number of phenolic OH excluding ortho intramolecular Hbond substituents is 3. The molecule has 1 saturated heterocycles. The molecular formula is C22H22O12. The van der Waals surface area contributed by atoms with Crippen LogP contribution in [-0.2, 0) is 4.74 Å². The summed E-state index contributed by atoms with van der Waals surface area (Å²) < 4.78 is 15.9. The Morgan fingerprint density at radius 1 is 0.941 bits per heavy atom. The van der Waals surface area contributed by atoms with Crippen LogP contribution in [0.3, 0.4) is 0 Å². The highest BCUT2D eigenvalue weighted by Crippen LogP contribution is 2.45. The van der Waals surface area contributed by atoms with Crippen molar-refractivity contribution in [3.63, 3.8) is 0 Å². The fraction of sp³-hybridized carbons (Fsp3) is 0.318. The number of benzene rings is 2. The monoisotopic (exact) mass is 478 g/mol. The summed E-state index contributed by atoms with van der Waals surface area (Å²) in [6, 6.07) is 4.81. The van der Waals surface area contributed by atoms with E-state index in [-0.39, 0.29) is 28.4 Å². The molecule has 8 N–H and O–H groups in total. The standard InChI is InChI=1S/C22H22O12/c1-32-10-4-7(2-3-8(10)24)21-19(30)17(28)14-11(33-21)5-9(25)13(16(14)27)22-20(31)18(29)15(26)12(6-23)34-22/h2-5,12,15,18,20,22-27,29-31H,6H2,1H3/t12-,15-,18+,20-,22+/m1/s1. The molecule has 0 aliphatic carbocycles. The van der Waals surface area contributed by atoms with Crippen LogP contribution in [0.25, 0.3) is 22.3 Å². The van der Waals surface area contributed by atoms with Crippen LogP contribution in [0.2, 0.25) is 0 Å². The Kier molecular flexibility index (Phi) is 6.02. The van der Waals surface area contributed by atoms with Crippen molar-refractivity contribution in [3.05, 3.63) is 40.1 Å². The van der Waals surface area contributed by atoms with Crippen LogP contribution in [0, 0.1) is 0 Å². The number of aliphatic hydroxyl groups excluding tert-OH is 4. The highest BCUT2D eigenvalue weighted by molar-refractivity contribution is 5.90. The van der Waals surface area contributed by atoms with Gasteiger partial charge in [0.1, 0.15) is 53.0 Å². The van der Waals surface area contributed by atoms with Crippen molar-refractivity contribution in [1.82, 2.24) is 0 Å². The number of aromatic hydroxyl groups is 4. The van der Waals surface area contributed by atoms with Gasteiger partial charge in [0.05, 0.1) is 19.3 Å². The zero-order valence-corrected chi connectivity index (χ0v) is 17.6. The molecule has 4 rings (SSSR count). The molecule has 12 nitrogen and oxygen atoms in total. The molecule has 0 bridgehead atoms. The summed E-state index contributed by atoms with van der Waals surface area (Å²) in [7, 11) is 1.30. The van der Waals surface area contributed by atoms with Gasteiger partial charge in [-0.15, -0.1) is 0 Å². The highest BCUT2D eigenvalue weighted by atomic mass is 16.5. The van der Waals surface area contributed by atoms with E-state index < -0.39 is 70.8 Å². The second kappa shape index (κ2) is 8.66. The summed E-state index contributed by atoms with van der Waals surface area (Å²) in [6.07, 6.45) is -8.32. The van der Waals surface area contributed by atoms with Gasteiger partial charge < -0.3 is 54.7 Å². The Morgan fingerprint density at radius 2 is 1.65 bits per heavy atom. The first-order valence-corrected chi connectivity index (χ1v) is 10.0. The number of hydrogen-bond donors (Lipinski definition) is 8. The van der Waals surface area contributed by atoms with Crippen molar-refractivity contribution in [2.75, 3.05) is 13.7 Å². The Morgan fingerprint density at radius 3 is 2.29 bits per heavy atom. The molecule has 0 unspecified atom stereocenters. The van der Waals surface area contributed by atoms with Gasteiger partial charge in [0, 0.05) is 11.6 Å². The third-order valence-electron chi connectivity index (χ3n) is 5.77. The van der Waals surface area contributed by atoms with Gasteiger partial charge in [-0.3, -0.25) is 4.79 Å². The first-order chi connectivity index (χ1) is 16.1. The first-order valence-electron chi connectivity index (χ1n) is 10.0. The summed E-state index contributed by atoms with van der Waals surface area (Å²) in [4.78, 5) is 13.0. The molecule has 1 aliphatic rings. The molecule has 3 aromatic rings. The Bertz CT molecular complexity index is 1300. The molecule has 1 aromatic heterocycles. The molecule has 12 heteroatoms. The fourth-order valence-electron chi connectivity index (χ4n) is 3.96. The largest absolute Gasteiger partial charge is 0.507 e. The van der Waals surface area contributed by atoms with Gasteiger partial charge in [-0.25, -0.2) is 0 Å². The average molecular weight is 478 g/mol. The van der Waals surface area contributed by atoms with Crippen molar-refractivity contribution in [1.29, 1.82) is 0 Å². The number of rotatable bonds is 4. The Hall–Kier alpha value is -3.55. The summed E-state index contributed by atoms with van der Waals surface area (Å²) in [5.74, 6) is -3.01. The molecule has 2 aromatic carbocycles. The quantitative estimate of drug-likeness (QED) is 0.245. The molecule has 5 atom stereocenters. The Balaban J connectivity index is 1.90. The zero-order valence-electron chi connectivity index (χ0n) is 17.6. The second-order valence-corrected chi connectivity index (χ2v) is 7.78. The van der Waals surface area contributed by atoms with Gasteiger partial charge in [0.25, 0.3) is 0 Å². The second-order valence-electron chi connectivity index (χ2n) is 7.78. The van der Waals surface area contributed by atoms with Crippen molar-refractivity contribution in [2.45, 2.75) is 30.5 Å². The third kappa shape index (κ3) is 3.57. The van der Waals surface area contributed by atoms with E-state index in [0.717, 1.165) is 6.07 Å².